The summed E-state index contributed by atoms with van der Waals surface area (Å²) >= 11 is 0. The van der Waals surface area contributed by atoms with E-state index in [2.05, 4.69) is 22.3 Å². The topological polar surface area (TPSA) is 60.7 Å². The lowest BCUT2D eigenvalue weighted by atomic mass is 9.99. The van der Waals surface area contributed by atoms with Crippen LogP contribution in [-0.4, -0.2) is 26.0 Å². The van der Waals surface area contributed by atoms with Crippen molar-refractivity contribution in [3.63, 3.8) is 0 Å². The number of Topliss-reactive ketones (excluding diaryl/α,β-unsaturated/α-hetero) is 1. The number of carbonyl (C=O) groups is 1. The summed E-state index contributed by atoms with van der Waals surface area (Å²) in [4.78, 5) is 14.0. The number of unbranched alkanes of at least 4 members (excludes halogenated alkanes) is 1. The molecule has 1 aromatic heterocycles. The first kappa shape index (κ1) is 18.0. The fraction of sp³-hybridized carbons (Fsp3) is 0.333. The van der Waals surface area contributed by atoms with Gasteiger partial charge in [0.1, 0.15) is 5.78 Å². The zero-order chi connectivity index (χ0) is 18.4. The van der Waals surface area contributed by atoms with E-state index in [9.17, 15) is 4.79 Å². The van der Waals surface area contributed by atoms with Crippen molar-refractivity contribution in [3.05, 3.63) is 65.2 Å². The largest absolute Gasteiger partial charge is 0.299 e. The summed E-state index contributed by atoms with van der Waals surface area (Å²) in [6, 6.07) is 15.9. The Bertz CT molecular complexity index is 868. The highest BCUT2D eigenvalue weighted by atomic mass is 16.1. The van der Waals surface area contributed by atoms with Gasteiger partial charge in [0.05, 0.1) is 6.54 Å². The normalized spacial score (nSPS) is 10.8. The van der Waals surface area contributed by atoms with Crippen molar-refractivity contribution in [1.82, 2.24) is 20.2 Å². The number of benzene rings is 2. The predicted molar refractivity (Wildman–Crippen MR) is 102 cm³/mol. The van der Waals surface area contributed by atoms with Gasteiger partial charge in [-0.25, -0.2) is 0 Å². The average molecular weight is 348 g/mol. The molecule has 134 valence electrons. The number of ketones is 1. The van der Waals surface area contributed by atoms with Crippen LogP contribution in [0.25, 0.3) is 11.4 Å². The molecule has 5 heteroatoms. The Balaban J connectivity index is 1.61. The Labute approximate surface area is 154 Å². The molecule has 5 nitrogen and oxygen atoms in total. The fourth-order valence-electron chi connectivity index (χ4n) is 2.84. The molecule has 0 atom stereocenters. The van der Waals surface area contributed by atoms with Crippen LogP contribution in [0.5, 0.6) is 0 Å². The van der Waals surface area contributed by atoms with Gasteiger partial charge in [-0.15, -0.1) is 10.2 Å². The van der Waals surface area contributed by atoms with Gasteiger partial charge in [-0.3, -0.25) is 4.79 Å². The zero-order valence-corrected chi connectivity index (χ0v) is 15.4. The maximum atomic E-state index is 12.4. The van der Waals surface area contributed by atoms with Crippen LogP contribution in [0.1, 0.15) is 36.5 Å². The van der Waals surface area contributed by atoms with Gasteiger partial charge in [0.15, 0.2) is 0 Å². The number of aryl methyl sites for hydroxylation is 2. The van der Waals surface area contributed by atoms with Crippen molar-refractivity contribution in [1.29, 1.82) is 0 Å². The van der Waals surface area contributed by atoms with Crippen LogP contribution >= 0.6 is 0 Å². The maximum absolute atomic E-state index is 12.4. The highest BCUT2D eigenvalue weighted by Gasteiger charge is 2.09. The van der Waals surface area contributed by atoms with Crippen LogP contribution in [0.4, 0.5) is 0 Å². The quantitative estimate of drug-likeness (QED) is 0.621. The number of aromatic nitrogens is 4. The van der Waals surface area contributed by atoms with Gasteiger partial charge in [-0.1, -0.05) is 61.9 Å². The minimum atomic E-state index is 0.218. The average Bonchev–Trinajstić information content (AvgIpc) is 3.11. The van der Waals surface area contributed by atoms with Gasteiger partial charge in [-0.05, 0) is 35.2 Å². The van der Waals surface area contributed by atoms with Crippen molar-refractivity contribution in [3.8, 4) is 11.4 Å². The summed E-state index contributed by atoms with van der Waals surface area (Å²) in [6.07, 6.45) is 3.05. The first-order chi connectivity index (χ1) is 12.7. The molecule has 0 radical (unpaired) electrons. The van der Waals surface area contributed by atoms with Crippen molar-refractivity contribution in [2.75, 3.05) is 0 Å². The number of tetrazole rings is 1. The molecule has 0 saturated carbocycles. The molecule has 0 aliphatic heterocycles. The second-order valence-corrected chi connectivity index (χ2v) is 6.58. The number of rotatable bonds is 8. The standard InChI is InChI=1S/C21H24N4O/c1-3-4-13-25-23-21(22-24-25)18-11-9-17(10-12-18)14-20(26)15-19-8-6-5-7-16(19)2/h5-12H,3-4,13-15H2,1-2H3. The van der Waals surface area contributed by atoms with Crippen LogP contribution in [0, 0.1) is 6.92 Å². The molecule has 0 spiro atoms. The van der Waals surface area contributed by atoms with E-state index in [0.29, 0.717) is 18.7 Å². The third-order valence-corrected chi connectivity index (χ3v) is 4.43. The highest BCUT2D eigenvalue weighted by Crippen LogP contribution is 2.16. The van der Waals surface area contributed by atoms with E-state index in [1.165, 1.54) is 0 Å². The number of carbonyl (C=O) groups excluding carboxylic acids is 1. The van der Waals surface area contributed by atoms with Crippen molar-refractivity contribution >= 4 is 5.78 Å². The van der Waals surface area contributed by atoms with Crippen LogP contribution in [0.3, 0.4) is 0 Å². The Morgan fingerprint density at radius 3 is 2.54 bits per heavy atom. The van der Waals surface area contributed by atoms with Crippen molar-refractivity contribution < 1.29 is 4.79 Å². The third-order valence-electron chi connectivity index (χ3n) is 4.43. The molecule has 3 rings (SSSR count). The summed E-state index contributed by atoms with van der Waals surface area (Å²) in [7, 11) is 0. The van der Waals surface area contributed by atoms with Gasteiger partial charge in [0, 0.05) is 18.4 Å². The Kier molecular flexibility index (Phi) is 5.89. The first-order valence-electron chi connectivity index (χ1n) is 9.09. The van der Waals surface area contributed by atoms with E-state index in [4.69, 9.17) is 0 Å². The van der Waals surface area contributed by atoms with Gasteiger partial charge in [0.25, 0.3) is 0 Å². The van der Waals surface area contributed by atoms with E-state index in [1.54, 1.807) is 4.80 Å². The van der Waals surface area contributed by atoms with E-state index in [0.717, 1.165) is 41.6 Å². The summed E-state index contributed by atoms with van der Waals surface area (Å²) in [5.74, 6) is 0.842. The van der Waals surface area contributed by atoms with Crippen LogP contribution in [0.2, 0.25) is 0 Å². The Morgan fingerprint density at radius 1 is 1.04 bits per heavy atom. The lowest BCUT2D eigenvalue weighted by molar-refractivity contribution is -0.117. The lowest BCUT2D eigenvalue weighted by Gasteiger charge is -2.05. The summed E-state index contributed by atoms with van der Waals surface area (Å²) in [5.41, 5.74) is 4.18. The number of hydrogen-bond donors (Lipinski definition) is 0. The third kappa shape index (κ3) is 4.63. The molecule has 1 heterocycles. The minimum Gasteiger partial charge on any atom is -0.299 e. The van der Waals surface area contributed by atoms with Gasteiger partial charge >= 0.3 is 0 Å². The van der Waals surface area contributed by atoms with Gasteiger partial charge < -0.3 is 0 Å². The van der Waals surface area contributed by atoms with E-state index < -0.39 is 0 Å². The summed E-state index contributed by atoms with van der Waals surface area (Å²) < 4.78 is 0. The molecule has 0 N–H and O–H groups in total. The van der Waals surface area contributed by atoms with Crippen LogP contribution < -0.4 is 0 Å². The molecule has 0 aliphatic rings. The molecule has 0 aliphatic carbocycles. The molecule has 2 aromatic carbocycles. The van der Waals surface area contributed by atoms with Gasteiger partial charge in [0.2, 0.25) is 5.82 Å². The molecular formula is C21H24N4O. The fourth-order valence-corrected chi connectivity index (χ4v) is 2.84. The van der Waals surface area contributed by atoms with E-state index >= 15 is 0 Å². The smallest absolute Gasteiger partial charge is 0.204 e. The molecule has 26 heavy (non-hydrogen) atoms. The van der Waals surface area contributed by atoms with E-state index in [-0.39, 0.29) is 5.78 Å². The highest BCUT2D eigenvalue weighted by molar-refractivity contribution is 5.83. The molecule has 3 aromatic rings. The van der Waals surface area contributed by atoms with Crippen molar-refractivity contribution in [2.24, 2.45) is 0 Å². The maximum Gasteiger partial charge on any atom is 0.204 e. The Hall–Kier alpha value is -2.82. The second-order valence-electron chi connectivity index (χ2n) is 6.58. The number of hydrogen-bond acceptors (Lipinski definition) is 4. The first-order valence-corrected chi connectivity index (χ1v) is 9.09. The van der Waals surface area contributed by atoms with Crippen LogP contribution in [0.15, 0.2) is 48.5 Å². The van der Waals surface area contributed by atoms with Gasteiger partial charge in [-0.2, -0.15) is 4.80 Å². The summed E-state index contributed by atoms with van der Waals surface area (Å²) in [6.45, 7) is 4.96. The van der Waals surface area contributed by atoms with E-state index in [1.807, 2.05) is 55.5 Å². The molecule has 0 fully saturated rings. The molecule has 0 amide bonds. The molecule has 0 bridgehead atoms. The SMILES string of the molecule is CCCCn1nnc(-c2ccc(CC(=O)Cc3ccccc3C)cc2)n1. The number of nitrogens with zero attached hydrogens (tertiary/aromatic N) is 4. The zero-order valence-electron chi connectivity index (χ0n) is 15.4. The molecule has 0 saturated heterocycles. The monoisotopic (exact) mass is 348 g/mol. The summed E-state index contributed by atoms with van der Waals surface area (Å²) in [5, 5.41) is 12.6. The predicted octanol–water partition coefficient (Wildman–Crippen LogP) is 3.80. The minimum absolute atomic E-state index is 0.218. The molecule has 0 unspecified atom stereocenters. The van der Waals surface area contributed by atoms with Crippen LogP contribution in [-0.2, 0) is 24.2 Å². The lowest BCUT2D eigenvalue weighted by Crippen LogP contribution is -2.07. The molecular weight excluding hydrogens is 324 g/mol. The second kappa shape index (κ2) is 8.52. The van der Waals surface area contributed by atoms with Crippen molar-refractivity contribution in [2.45, 2.75) is 46.1 Å². The Morgan fingerprint density at radius 2 is 1.81 bits per heavy atom.